The molecule has 0 aromatic heterocycles. The third-order valence-electron chi connectivity index (χ3n) is 1.28. The lowest BCUT2D eigenvalue weighted by Gasteiger charge is -1.98. The van der Waals surface area contributed by atoms with Gasteiger partial charge >= 0.3 is 0 Å². The summed E-state index contributed by atoms with van der Waals surface area (Å²) in [5.74, 6) is 0.226. The van der Waals surface area contributed by atoms with Crippen LogP contribution in [0.2, 0.25) is 0 Å². The Morgan fingerprint density at radius 3 is 2.60 bits per heavy atom. The van der Waals surface area contributed by atoms with Crippen molar-refractivity contribution in [3.05, 3.63) is 0 Å². The van der Waals surface area contributed by atoms with Crippen molar-refractivity contribution in [2.75, 3.05) is 13.2 Å². The molecular weight excluding hydrogens is 128 g/mol. The number of ketones is 1. The second kappa shape index (κ2) is 6.75. The maximum atomic E-state index is 10.8. The summed E-state index contributed by atoms with van der Waals surface area (Å²) in [7, 11) is 0. The molecule has 0 saturated heterocycles. The summed E-state index contributed by atoms with van der Waals surface area (Å²) in [4.78, 5) is 10.8. The van der Waals surface area contributed by atoms with E-state index in [1.165, 1.54) is 0 Å². The first-order valence-corrected chi connectivity index (χ1v) is 3.90. The zero-order chi connectivity index (χ0) is 7.82. The Labute approximate surface area is 62.6 Å². The van der Waals surface area contributed by atoms with E-state index in [0.29, 0.717) is 19.6 Å². The molecule has 0 aliphatic carbocycles. The highest BCUT2D eigenvalue weighted by molar-refractivity contribution is 5.79. The van der Waals surface area contributed by atoms with Gasteiger partial charge in [-0.15, -0.1) is 0 Å². The van der Waals surface area contributed by atoms with E-state index in [1.54, 1.807) is 0 Å². The van der Waals surface area contributed by atoms with Crippen molar-refractivity contribution in [3.63, 3.8) is 0 Å². The molecule has 2 heteroatoms. The van der Waals surface area contributed by atoms with Crippen molar-refractivity contribution in [1.82, 2.24) is 0 Å². The number of Topliss-reactive ketones (excluding diaryl/α,β-unsaturated/α-hetero) is 1. The van der Waals surface area contributed by atoms with Crippen molar-refractivity contribution in [3.8, 4) is 0 Å². The van der Waals surface area contributed by atoms with E-state index >= 15 is 0 Å². The highest BCUT2D eigenvalue weighted by atomic mass is 16.5. The van der Waals surface area contributed by atoms with E-state index in [9.17, 15) is 4.79 Å². The topological polar surface area (TPSA) is 26.3 Å². The summed E-state index contributed by atoms with van der Waals surface area (Å²) in [6, 6.07) is 0. The van der Waals surface area contributed by atoms with Crippen LogP contribution < -0.4 is 0 Å². The van der Waals surface area contributed by atoms with Gasteiger partial charge < -0.3 is 4.74 Å². The molecule has 0 aliphatic rings. The van der Waals surface area contributed by atoms with Gasteiger partial charge in [-0.25, -0.2) is 0 Å². The first-order chi connectivity index (χ1) is 4.81. The molecular formula is C8H16O2. The van der Waals surface area contributed by atoms with Crippen LogP contribution in [-0.4, -0.2) is 19.0 Å². The monoisotopic (exact) mass is 144 g/mol. The summed E-state index contributed by atoms with van der Waals surface area (Å²) in [5.41, 5.74) is 0. The predicted molar refractivity (Wildman–Crippen MR) is 41.0 cm³/mol. The van der Waals surface area contributed by atoms with E-state index in [1.807, 2.05) is 6.92 Å². The van der Waals surface area contributed by atoms with Crippen molar-refractivity contribution in [2.24, 2.45) is 0 Å². The fourth-order valence-electron chi connectivity index (χ4n) is 0.662. The lowest BCUT2D eigenvalue weighted by atomic mass is 10.2. The van der Waals surface area contributed by atoms with E-state index in [0.717, 1.165) is 12.8 Å². The van der Waals surface area contributed by atoms with Crippen LogP contribution in [0, 0.1) is 0 Å². The maximum Gasteiger partial charge on any atom is 0.158 e. The average molecular weight is 144 g/mol. The summed E-state index contributed by atoms with van der Waals surface area (Å²) in [5, 5.41) is 0. The number of hydrogen-bond donors (Lipinski definition) is 0. The third-order valence-corrected chi connectivity index (χ3v) is 1.28. The average Bonchev–Trinajstić information content (AvgIpc) is 1.97. The number of carbonyl (C=O) groups is 1. The van der Waals surface area contributed by atoms with E-state index in [2.05, 4.69) is 6.92 Å². The molecule has 0 spiro atoms. The van der Waals surface area contributed by atoms with E-state index < -0.39 is 0 Å². The SMILES string of the molecule is CCCCC(=O)COCC. The van der Waals surface area contributed by atoms with Crippen LogP contribution in [0.5, 0.6) is 0 Å². The summed E-state index contributed by atoms with van der Waals surface area (Å²) in [6.45, 7) is 4.91. The van der Waals surface area contributed by atoms with Gasteiger partial charge in [-0.1, -0.05) is 13.3 Å². The highest BCUT2D eigenvalue weighted by Crippen LogP contribution is 1.94. The van der Waals surface area contributed by atoms with E-state index in [4.69, 9.17) is 4.74 Å². The fourth-order valence-corrected chi connectivity index (χ4v) is 0.662. The molecule has 0 aromatic rings. The molecule has 0 fully saturated rings. The number of hydrogen-bond acceptors (Lipinski definition) is 2. The van der Waals surface area contributed by atoms with Gasteiger partial charge in [0.2, 0.25) is 0 Å². The number of ether oxygens (including phenoxy) is 1. The molecule has 0 aromatic carbocycles. The van der Waals surface area contributed by atoms with Crippen LogP contribution in [0.15, 0.2) is 0 Å². The Balaban J connectivity index is 3.09. The van der Waals surface area contributed by atoms with Crippen LogP contribution in [-0.2, 0) is 9.53 Å². The molecule has 60 valence electrons. The second-order valence-corrected chi connectivity index (χ2v) is 2.28. The quantitative estimate of drug-likeness (QED) is 0.568. The first kappa shape index (κ1) is 9.63. The van der Waals surface area contributed by atoms with Gasteiger partial charge in [0.25, 0.3) is 0 Å². The fraction of sp³-hybridized carbons (Fsp3) is 0.875. The Hall–Kier alpha value is -0.370. The molecule has 0 radical (unpaired) electrons. The van der Waals surface area contributed by atoms with Gasteiger partial charge in [0.1, 0.15) is 6.61 Å². The van der Waals surface area contributed by atoms with Gasteiger partial charge in [0.15, 0.2) is 5.78 Å². The van der Waals surface area contributed by atoms with Crippen LogP contribution in [0.4, 0.5) is 0 Å². The normalized spacial score (nSPS) is 9.80. The zero-order valence-corrected chi connectivity index (χ0v) is 6.85. The minimum absolute atomic E-state index is 0.226. The number of unbranched alkanes of at least 4 members (excludes halogenated alkanes) is 1. The second-order valence-electron chi connectivity index (χ2n) is 2.28. The van der Waals surface area contributed by atoms with Crippen LogP contribution in [0.3, 0.4) is 0 Å². The van der Waals surface area contributed by atoms with Crippen molar-refractivity contribution < 1.29 is 9.53 Å². The smallest absolute Gasteiger partial charge is 0.158 e. The standard InChI is InChI=1S/C8H16O2/c1-3-5-6-8(9)7-10-4-2/h3-7H2,1-2H3. The molecule has 10 heavy (non-hydrogen) atoms. The highest BCUT2D eigenvalue weighted by Gasteiger charge is 1.98. The zero-order valence-electron chi connectivity index (χ0n) is 6.85. The summed E-state index contributed by atoms with van der Waals surface area (Å²) >= 11 is 0. The van der Waals surface area contributed by atoms with Gasteiger partial charge in [0, 0.05) is 13.0 Å². The molecule has 0 atom stereocenters. The molecule has 0 rings (SSSR count). The van der Waals surface area contributed by atoms with Gasteiger partial charge in [-0.3, -0.25) is 4.79 Å². The number of rotatable bonds is 6. The number of carbonyl (C=O) groups excluding carboxylic acids is 1. The lowest BCUT2D eigenvalue weighted by molar-refractivity contribution is -0.123. The molecule has 0 heterocycles. The minimum atomic E-state index is 0.226. The molecule has 2 nitrogen and oxygen atoms in total. The minimum Gasteiger partial charge on any atom is -0.374 e. The van der Waals surface area contributed by atoms with E-state index in [-0.39, 0.29) is 5.78 Å². The molecule has 0 unspecified atom stereocenters. The first-order valence-electron chi connectivity index (χ1n) is 3.90. The van der Waals surface area contributed by atoms with Crippen molar-refractivity contribution >= 4 is 5.78 Å². The Morgan fingerprint density at radius 2 is 2.10 bits per heavy atom. The maximum absolute atomic E-state index is 10.8. The Morgan fingerprint density at radius 1 is 1.40 bits per heavy atom. The van der Waals surface area contributed by atoms with Crippen LogP contribution in [0.1, 0.15) is 33.1 Å². The molecule has 0 bridgehead atoms. The van der Waals surface area contributed by atoms with Crippen molar-refractivity contribution in [2.45, 2.75) is 33.1 Å². The van der Waals surface area contributed by atoms with Gasteiger partial charge in [0.05, 0.1) is 0 Å². The predicted octanol–water partition coefficient (Wildman–Crippen LogP) is 1.78. The van der Waals surface area contributed by atoms with Crippen molar-refractivity contribution in [1.29, 1.82) is 0 Å². The summed E-state index contributed by atoms with van der Waals surface area (Å²) < 4.78 is 4.94. The molecule has 0 aliphatic heterocycles. The summed E-state index contributed by atoms with van der Waals surface area (Å²) in [6.07, 6.45) is 2.75. The lowest BCUT2D eigenvalue weighted by Crippen LogP contribution is -2.07. The Bertz CT molecular complexity index is 79.3. The van der Waals surface area contributed by atoms with Gasteiger partial charge in [-0.2, -0.15) is 0 Å². The van der Waals surface area contributed by atoms with Crippen LogP contribution >= 0.6 is 0 Å². The Kier molecular flexibility index (Phi) is 6.50. The molecule has 0 saturated carbocycles. The molecule has 0 amide bonds. The molecule has 0 N–H and O–H groups in total. The largest absolute Gasteiger partial charge is 0.374 e. The third kappa shape index (κ3) is 5.76. The van der Waals surface area contributed by atoms with Gasteiger partial charge in [-0.05, 0) is 13.3 Å². The van der Waals surface area contributed by atoms with Crippen LogP contribution in [0.25, 0.3) is 0 Å².